The Hall–Kier alpha value is -1.65. The summed E-state index contributed by atoms with van der Waals surface area (Å²) in [5.41, 5.74) is 3.69. The summed E-state index contributed by atoms with van der Waals surface area (Å²) < 4.78 is 17.1. The van der Waals surface area contributed by atoms with Gasteiger partial charge in [-0.1, -0.05) is 69.5 Å². The number of allylic oxidation sites excluding steroid dienone is 1. The van der Waals surface area contributed by atoms with Crippen LogP contribution in [-0.2, 0) is 24.4 Å². The number of esters is 1. The molecule has 3 aliphatic carbocycles. The molecular weight excluding hydrogens is 412 g/mol. The van der Waals surface area contributed by atoms with Crippen molar-refractivity contribution in [2.24, 2.45) is 5.41 Å². The summed E-state index contributed by atoms with van der Waals surface area (Å²) in [6, 6.07) is 9.11. The Morgan fingerprint density at radius 3 is 2.30 bits per heavy atom. The molecule has 2 atom stereocenters. The number of benzene rings is 1. The molecule has 1 aromatic carbocycles. The third kappa shape index (κ3) is 5.89. The first-order valence-corrected chi connectivity index (χ1v) is 13.3. The predicted molar refractivity (Wildman–Crippen MR) is 131 cm³/mol. The predicted octanol–water partition coefficient (Wildman–Crippen LogP) is 7.17. The Labute approximate surface area is 200 Å². The number of carbonyl (C=O) groups is 1. The summed E-state index contributed by atoms with van der Waals surface area (Å²) in [6.07, 6.45) is 18.1. The van der Waals surface area contributed by atoms with E-state index in [9.17, 15) is 4.79 Å². The Morgan fingerprint density at radius 1 is 0.970 bits per heavy atom. The number of carbonyl (C=O) groups excluding carboxylic acids is 1. The minimum absolute atomic E-state index is 0.101. The number of hydrogen-bond acceptors (Lipinski definition) is 4. The minimum Gasteiger partial charge on any atom is -0.433 e. The van der Waals surface area contributed by atoms with Gasteiger partial charge < -0.3 is 14.2 Å². The maximum Gasteiger partial charge on any atom is 0.312 e. The molecule has 1 aliphatic heterocycles. The van der Waals surface area contributed by atoms with E-state index in [-0.39, 0.29) is 25.1 Å². The van der Waals surface area contributed by atoms with Crippen molar-refractivity contribution in [2.75, 3.05) is 13.2 Å². The van der Waals surface area contributed by atoms with Crippen molar-refractivity contribution in [3.63, 3.8) is 0 Å². The van der Waals surface area contributed by atoms with E-state index < -0.39 is 6.29 Å². The molecule has 4 fully saturated rings. The number of unbranched alkanes of at least 4 members (excludes halogenated alkanes) is 2. The van der Waals surface area contributed by atoms with Crippen molar-refractivity contribution in [1.82, 2.24) is 0 Å². The third-order valence-electron chi connectivity index (χ3n) is 8.42. The number of fused-ring (bicyclic) bond motifs is 3. The van der Waals surface area contributed by atoms with E-state index >= 15 is 0 Å². The molecule has 33 heavy (non-hydrogen) atoms. The molecule has 2 unspecified atom stereocenters. The van der Waals surface area contributed by atoms with Gasteiger partial charge in [0, 0.05) is 0 Å². The first-order valence-electron chi connectivity index (χ1n) is 13.3. The molecule has 4 heteroatoms. The molecule has 0 amide bonds. The maximum atomic E-state index is 11.9. The fourth-order valence-corrected chi connectivity index (χ4v) is 6.16. The van der Waals surface area contributed by atoms with E-state index in [0.717, 1.165) is 12.0 Å². The van der Waals surface area contributed by atoms with E-state index in [2.05, 4.69) is 31.2 Å². The van der Waals surface area contributed by atoms with Crippen molar-refractivity contribution in [2.45, 2.75) is 109 Å². The average molecular weight is 455 g/mol. The van der Waals surface area contributed by atoms with Gasteiger partial charge in [-0.2, -0.15) is 0 Å². The lowest BCUT2D eigenvalue weighted by Gasteiger charge is -2.54. The van der Waals surface area contributed by atoms with Gasteiger partial charge in [-0.05, 0) is 73.3 Å². The minimum atomic E-state index is -0.607. The van der Waals surface area contributed by atoms with Gasteiger partial charge in [0.2, 0.25) is 6.29 Å². The zero-order valence-electron chi connectivity index (χ0n) is 20.7. The SMILES string of the molecule is CCC=CCC(=O)OC1COC(c2ccc(C34CCC(CCCCC)(CC3)CC4)cc2)CO1. The zero-order chi connectivity index (χ0) is 23.2. The molecule has 5 rings (SSSR count). The molecular formula is C29H42O4. The van der Waals surface area contributed by atoms with Crippen LogP contribution in [0.25, 0.3) is 0 Å². The molecule has 0 spiro atoms. The molecule has 3 saturated carbocycles. The summed E-state index contributed by atoms with van der Waals surface area (Å²) in [6.45, 7) is 5.03. The summed E-state index contributed by atoms with van der Waals surface area (Å²) in [7, 11) is 0. The summed E-state index contributed by atoms with van der Waals surface area (Å²) in [4.78, 5) is 11.9. The van der Waals surface area contributed by atoms with Crippen LogP contribution in [-0.4, -0.2) is 25.5 Å². The molecule has 1 heterocycles. The highest BCUT2D eigenvalue weighted by Gasteiger charge is 2.48. The van der Waals surface area contributed by atoms with Crippen LogP contribution in [0, 0.1) is 5.41 Å². The van der Waals surface area contributed by atoms with Gasteiger partial charge in [0.05, 0.1) is 13.0 Å². The fourth-order valence-electron chi connectivity index (χ4n) is 6.16. The smallest absolute Gasteiger partial charge is 0.312 e. The zero-order valence-corrected chi connectivity index (χ0v) is 20.7. The van der Waals surface area contributed by atoms with Crippen LogP contribution in [0.3, 0.4) is 0 Å². The second-order valence-corrected chi connectivity index (χ2v) is 10.5. The van der Waals surface area contributed by atoms with Gasteiger partial charge in [0.15, 0.2) is 0 Å². The van der Waals surface area contributed by atoms with E-state index in [1.807, 2.05) is 19.1 Å². The van der Waals surface area contributed by atoms with E-state index in [4.69, 9.17) is 14.2 Å². The van der Waals surface area contributed by atoms with Crippen molar-refractivity contribution in [1.29, 1.82) is 0 Å². The first kappa shape index (κ1) is 24.5. The largest absolute Gasteiger partial charge is 0.433 e. The summed E-state index contributed by atoms with van der Waals surface area (Å²) >= 11 is 0. The highest BCUT2D eigenvalue weighted by Crippen LogP contribution is 2.59. The van der Waals surface area contributed by atoms with Crippen molar-refractivity contribution in [3.8, 4) is 0 Å². The number of hydrogen-bond donors (Lipinski definition) is 0. The maximum absolute atomic E-state index is 11.9. The standard InChI is InChI=1S/C29H42O4/c1-3-5-7-9-26(30)33-27-22-31-25(21-32-27)23-10-12-24(13-11-23)29-18-15-28(16-19-29,17-20-29)14-8-6-4-2/h5,7,10-13,25,27H,3-4,6,8-9,14-22H2,1-2H3. The summed E-state index contributed by atoms with van der Waals surface area (Å²) in [5, 5.41) is 0. The molecule has 0 aromatic heterocycles. The molecule has 1 saturated heterocycles. The highest BCUT2D eigenvalue weighted by molar-refractivity contribution is 5.71. The Kier molecular flexibility index (Phi) is 8.29. The van der Waals surface area contributed by atoms with Crippen LogP contribution in [0.5, 0.6) is 0 Å². The van der Waals surface area contributed by atoms with Gasteiger partial charge in [-0.3, -0.25) is 4.79 Å². The molecule has 182 valence electrons. The van der Waals surface area contributed by atoms with Gasteiger partial charge in [0.1, 0.15) is 12.7 Å². The van der Waals surface area contributed by atoms with Gasteiger partial charge in [0.25, 0.3) is 0 Å². The fraction of sp³-hybridized carbons (Fsp3) is 0.690. The van der Waals surface area contributed by atoms with Crippen molar-refractivity contribution < 1.29 is 19.0 Å². The molecule has 2 bridgehead atoms. The van der Waals surface area contributed by atoms with Gasteiger partial charge in [-0.15, -0.1) is 0 Å². The molecule has 1 aromatic rings. The van der Waals surface area contributed by atoms with Crippen molar-refractivity contribution >= 4 is 5.97 Å². The monoisotopic (exact) mass is 454 g/mol. The number of rotatable bonds is 10. The quantitative estimate of drug-likeness (QED) is 0.213. The van der Waals surface area contributed by atoms with Crippen LogP contribution in [0.15, 0.2) is 36.4 Å². The first-order chi connectivity index (χ1) is 16.1. The number of ether oxygens (including phenoxy) is 3. The van der Waals surface area contributed by atoms with Gasteiger partial charge >= 0.3 is 5.97 Å². The van der Waals surface area contributed by atoms with Crippen LogP contribution in [0.2, 0.25) is 0 Å². The van der Waals surface area contributed by atoms with E-state index in [0.29, 0.717) is 17.4 Å². The Bertz CT molecular complexity index is 764. The second-order valence-electron chi connectivity index (χ2n) is 10.5. The van der Waals surface area contributed by atoms with Crippen LogP contribution < -0.4 is 0 Å². The molecule has 0 N–H and O–H groups in total. The van der Waals surface area contributed by atoms with Crippen LogP contribution in [0.1, 0.15) is 108 Å². The topological polar surface area (TPSA) is 44.8 Å². The highest BCUT2D eigenvalue weighted by atomic mass is 16.7. The molecule has 4 nitrogen and oxygen atoms in total. The van der Waals surface area contributed by atoms with Crippen LogP contribution in [0.4, 0.5) is 0 Å². The molecule has 0 radical (unpaired) electrons. The van der Waals surface area contributed by atoms with Crippen molar-refractivity contribution in [3.05, 3.63) is 47.5 Å². The van der Waals surface area contributed by atoms with E-state index in [1.165, 1.54) is 69.8 Å². The van der Waals surface area contributed by atoms with E-state index in [1.54, 1.807) is 0 Å². The summed E-state index contributed by atoms with van der Waals surface area (Å²) in [5.74, 6) is -0.273. The lowest BCUT2D eigenvalue weighted by molar-refractivity contribution is -0.232. The third-order valence-corrected chi connectivity index (χ3v) is 8.42. The lowest BCUT2D eigenvalue weighted by Crippen LogP contribution is -2.44. The Morgan fingerprint density at radius 2 is 1.70 bits per heavy atom. The second kappa shape index (κ2) is 11.2. The Balaban J connectivity index is 1.27. The average Bonchev–Trinajstić information content (AvgIpc) is 2.86. The van der Waals surface area contributed by atoms with Crippen LogP contribution >= 0.6 is 0 Å². The molecule has 4 aliphatic rings. The normalized spacial score (nSPS) is 31.7. The lowest BCUT2D eigenvalue weighted by atomic mass is 9.51. The van der Waals surface area contributed by atoms with Gasteiger partial charge in [-0.25, -0.2) is 0 Å².